The number of aryl methyl sites for hydroxylation is 2. The van der Waals surface area contributed by atoms with Gasteiger partial charge in [-0.3, -0.25) is 0 Å². The third kappa shape index (κ3) is 3.98. The predicted molar refractivity (Wildman–Crippen MR) is 88.4 cm³/mol. The van der Waals surface area contributed by atoms with Gasteiger partial charge < -0.3 is 0 Å². The van der Waals surface area contributed by atoms with Crippen LogP contribution in [-0.2, 0) is 21.7 Å². The van der Waals surface area contributed by atoms with Crippen LogP contribution in [0.4, 0.5) is 0 Å². The minimum absolute atomic E-state index is 0. The van der Waals surface area contributed by atoms with Gasteiger partial charge in [-0.2, -0.15) is 28.3 Å². The van der Waals surface area contributed by atoms with Gasteiger partial charge in [0, 0.05) is 21.7 Å². The standard InChI is InChI=1S/C15H23.3ClH.Ti/c1-8-7-9(2)15-13(6)11(4)10(3)12(5)14(8)15;;;;/h7,10-13H,1-6H3;3*1H;/q-1;;;;. The average molecular weight is 361 g/mol. The van der Waals surface area contributed by atoms with E-state index in [1.807, 2.05) is 0 Å². The molecule has 0 bridgehead atoms. The Morgan fingerprint density at radius 3 is 1.79 bits per heavy atom. The van der Waals surface area contributed by atoms with Crippen LogP contribution in [-0.4, -0.2) is 0 Å². The topological polar surface area (TPSA) is 0 Å². The van der Waals surface area contributed by atoms with Crippen molar-refractivity contribution in [3.63, 3.8) is 0 Å². The molecule has 0 fully saturated rings. The van der Waals surface area contributed by atoms with E-state index < -0.39 is 0 Å². The van der Waals surface area contributed by atoms with Crippen molar-refractivity contribution in [2.45, 2.75) is 53.4 Å². The second-order valence-electron chi connectivity index (χ2n) is 5.63. The van der Waals surface area contributed by atoms with E-state index in [0.717, 1.165) is 23.7 Å². The maximum atomic E-state index is 2.41. The van der Waals surface area contributed by atoms with Crippen molar-refractivity contribution in [2.24, 2.45) is 11.8 Å². The Hall–Kier alpha value is 0.934. The molecular formula is C15H26Cl3Ti-. The quantitative estimate of drug-likeness (QED) is 0.406. The van der Waals surface area contributed by atoms with Crippen LogP contribution >= 0.6 is 37.2 Å². The molecule has 0 nitrogen and oxygen atoms in total. The fraction of sp³-hybridized carbons (Fsp3) is 0.667. The van der Waals surface area contributed by atoms with Gasteiger partial charge >= 0.3 is 0 Å². The Morgan fingerprint density at radius 2 is 1.32 bits per heavy atom. The first-order chi connectivity index (χ1) is 6.95. The largest absolute Gasteiger partial charge is 0.198 e. The van der Waals surface area contributed by atoms with Crippen molar-refractivity contribution in [3.8, 4) is 0 Å². The van der Waals surface area contributed by atoms with Crippen molar-refractivity contribution in [1.29, 1.82) is 0 Å². The first kappa shape index (κ1) is 24.9. The summed E-state index contributed by atoms with van der Waals surface area (Å²) in [5.41, 5.74) is 6.34. The molecule has 0 saturated carbocycles. The third-order valence-electron chi connectivity index (χ3n) is 4.89. The first-order valence-electron chi connectivity index (χ1n) is 6.21. The summed E-state index contributed by atoms with van der Waals surface area (Å²) in [7, 11) is 0. The van der Waals surface area contributed by atoms with Gasteiger partial charge in [0.05, 0.1) is 0 Å². The van der Waals surface area contributed by atoms with Crippen LogP contribution in [0.25, 0.3) is 0 Å². The van der Waals surface area contributed by atoms with E-state index in [1.165, 1.54) is 11.1 Å². The molecule has 1 aromatic carbocycles. The number of fused-ring (bicyclic) bond motifs is 1. The van der Waals surface area contributed by atoms with Crippen molar-refractivity contribution in [2.75, 3.05) is 0 Å². The van der Waals surface area contributed by atoms with Gasteiger partial charge in [0.2, 0.25) is 0 Å². The third-order valence-corrected chi connectivity index (χ3v) is 4.89. The molecule has 0 spiro atoms. The van der Waals surface area contributed by atoms with Crippen molar-refractivity contribution < 1.29 is 21.7 Å². The Bertz CT molecular complexity index is 352. The van der Waals surface area contributed by atoms with Crippen molar-refractivity contribution in [3.05, 3.63) is 28.3 Å². The number of hydrogen-bond acceptors (Lipinski definition) is 0. The van der Waals surface area contributed by atoms with Crippen LogP contribution in [0, 0.1) is 25.7 Å². The van der Waals surface area contributed by atoms with Crippen LogP contribution in [0.5, 0.6) is 0 Å². The maximum absolute atomic E-state index is 2.41. The maximum Gasteiger partial charge on any atom is 0 e. The summed E-state index contributed by atoms with van der Waals surface area (Å²) in [6, 6.07) is 2.38. The van der Waals surface area contributed by atoms with Crippen molar-refractivity contribution >= 4 is 37.2 Å². The Kier molecular flexibility index (Phi) is 11.9. The van der Waals surface area contributed by atoms with Gasteiger partial charge in [-0.1, -0.05) is 47.5 Å². The van der Waals surface area contributed by atoms with E-state index in [9.17, 15) is 0 Å². The molecular weight excluding hydrogens is 334 g/mol. The monoisotopic (exact) mass is 359 g/mol. The molecule has 0 aromatic heterocycles. The van der Waals surface area contributed by atoms with Crippen molar-refractivity contribution in [1.82, 2.24) is 0 Å². The zero-order valence-corrected chi connectivity index (χ0v) is 16.6. The predicted octanol–water partition coefficient (Wildman–Crippen LogP) is 5.78. The Labute approximate surface area is 152 Å². The van der Waals surface area contributed by atoms with Crippen LogP contribution in [0.2, 0.25) is 0 Å². The van der Waals surface area contributed by atoms with Gasteiger partial charge in [-0.15, -0.1) is 37.2 Å². The van der Waals surface area contributed by atoms with Gasteiger partial charge in [0.15, 0.2) is 0 Å². The molecule has 0 N–H and O–H groups in total. The summed E-state index contributed by atoms with van der Waals surface area (Å²) in [6.07, 6.45) is 0. The second-order valence-corrected chi connectivity index (χ2v) is 5.63. The molecule has 0 heterocycles. The minimum Gasteiger partial charge on any atom is -0.198 e. The molecule has 4 atom stereocenters. The molecule has 19 heavy (non-hydrogen) atoms. The van der Waals surface area contributed by atoms with Crippen LogP contribution in [0.15, 0.2) is 6.07 Å². The normalized spacial score (nSPS) is 27.9. The number of hydrogen-bond donors (Lipinski definition) is 0. The molecule has 112 valence electrons. The summed E-state index contributed by atoms with van der Waals surface area (Å²) in [6.45, 7) is 14.2. The van der Waals surface area contributed by atoms with Gasteiger partial charge in [-0.25, -0.2) is 0 Å². The van der Waals surface area contributed by atoms with Crippen LogP contribution < -0.4 is 0 Å². The first-order valence-corrected chi connectivity index (χ1v) is 6.21. The fourth-order valence-electron chi connectivity index (χ4n) is 3.55. The summed E-state index contributed by atoms with van der Waals surface area (Å²) in [5, 5.41) is 0. The SMILES string of the molecule is Cc1c[c-](C)c2c1C(C)C(C)C(C)C2C.Cl.Cl.Cl.[Ti]. The molecule has 1 aliphatic rings. The molecule has 4 heteroatoms. The smallest absolute Gasteiger partial charge is 0 e. The average Bonchev–Trinajstić information content (AvgIpc) is 2.47. The zero-order valence-electron chi connectivity index (χ0n) is 12.6. The molecule has 0 radical (unpaired) electrons. The molecule has 0 saturated heterocycles. The summed E-state index contributed by atoms with van der Waals surface area (Å²) < 4.78 is 0. The number of halogens is 3. The van der Waals surface area contributed by atoms with E-state index in [-0.39, 0.29) is 58.9 Å². The van der Waals surface area contributed by atoms with Crippen LogP contribution in [0.1, 0.15) is 61.8 Å². The number of rotatable bonds is 0. The molecule has 2 rings (SSSR count). The molecule has 4 unspecified atom stereocenters. The molecule has 1 aromatic rings. The zero-order chi connectivity index (χ0) is 11.3. The van der Waals surface area contributed by atoms with Crippen LogP contribution in [0.3, 0.4) is 0 Å². The summed E-state index contributed by atoms with van der Waals surface area (Å²) >= 11 is 0. The van der Waals surface area contributed by atoms with Gasteiger partial charge in [-0.05, 0) is 17.8 Å². The second kappa shape index (κ2) is 9.05. The van der Waals surface area contributed by atoms with Gasteiger partial charge in [0.1, 0.15) is 0 Å². The van der Waals surface area contributed by atoms with Gasteiger partial charge in [0.25, 0.3) is 0 Å². The molecule has 1 aliphatic carbocycles. The minimum atomic E-state index is 0. The Morgan fingerprint density at radius 1 is 0.895 bits per heavy atom. The van der Waals surface area contributed by atoms with E-state index in [1.54, 1.807) is 11.1 Å². The summed E-state index contributed by atoms with van der Waals surface area (Å²) in [5.74, 6) is 3.10. The van der Waals surface area contributed by atoms with E-state index in [2.05, 4.69) is 47.6 Å². The van der Waals surface area contributed by atoms with E-state index >= 15 is 0 Å². The van der Waals surface area contributed by atoms with E-state index in [0.29, 0.717) is 0 Å². The Balaban J connectivity index is -0.000000640. The van der Waals surface area contributed by atoms with E-state index in [4.69, 9.17) is 0 Å². The summed E-state index contributed by atoms with van der Waals surface area (Å²) in [4.78, 5) is 0. The molecule has 0 aliphatic heterocycles. The fourth-order valence-corrected chi connectivity index (χ4v) is 3.55. The molecule has 0 amide bonds.